The molecule has 2 aromatic rings. The summed E-state index contributed by atoms with van der Waals surface area (Å²) in [6.45, 7) is 4.55. The molecule has 1 unspecified atom stereocenters. The number of aryl methyl sites for hydroxylation is 1. The second-order valence-electron chi connectivity index (χ2n) is 6.89. The number of ether oxygens (including phenoxy) is 2. The van der Waals surface area contributed by atoms with Crippen LogP contribution in [0, 0.1) is 18.6 Å². The smallest absolute Gasteiger partial charge is 0.263 e. The first-order valence-electron chi connectivity index (χ1n) is 9.17. The topological polar surface area (TPSA) is 38.8 Å². The molecule has 1 heterocycles. The zero-order chi connectivity index (χ0) is 20.3. The maximum absolute atomic E-state index is 13.7. The lowest BCUT2D eigenvalue weighted by molar-refractivity contribution is -0.139. The fourth-order valence-electron chi connectivity index (χ4n) is 3.15. The van der Waals surface area contributed by atoms with Gasteiger partial charge in [-0.2, -0.15) is 0 Å². The number of carbonyl (C=O) groups excluding carboxylic acids is 1. The van der Waals surface area contributed by atoms with Gasteiger partial charge in [0.1, 0.15) is 17.7 Å². The molecule has 1 aliphatic heterocycles. The van der Waals surface area contributed by atoms with Crippen molar-refractivity contribution >= 4 is 17.5 Å². The summed E-state index contributed by atoms with van der Waals surface area (Å²) < 4.78 is 38.1. The molecule has 1 aliphatic rings. The van der Waals surface area contributed by atoms with E-state index in [1.165, 1.54) is 6.07 Å². The molecule has 150 valence electrons. The number of amides is 1. The Morgan fingerprint density at radius 3 is 2.54 bits per heavy atom. The van der Waals surface area contributed by atoms with Gasteiger partial charge in [0.25, 0.3) is 5.91 Å². The number of likely N-dealkylation sites (tertiary alicyclic amines) is 1. The molecule has 1 saturated heterocycles. The molecule has 0 N–H and O–H groups in total. The number of hydrogen-bond donors (Lipinski definition) is 0. The van der Waals surface area contributed by atoms with Crippen LogP contribution in [0.5, 0.6) is 11.5 Å². The van der Waals surface area contributed by atoms with E-state index in [9.17, 15) is 13.6 Å². The van der Waals surface area contributed by atoms with Crippen LogP contribution < -0.4 is 9.47 Å². The van der Waals surface area contributed by atoms with Gasteiger partial charge in [0.05, 0.1) is 0 Å². The van der Waals surface area contributed by atoms with Crippen LogP contribution in [0.4, 0.5) is 8.78 Å². The van der Waals surface area contributed by atoms with Crippen molar-refractivity contribution in [2.75, 3.05) is 13.1 Å². The quantitative estimate of drug-likeness (QED) is 0.714. The van der Waals surface area contributed by atoms with Crippen molar-refractivity contribution in [3.05, 3.63) is 58.6 Å². The van der Waals surface area contributed by atoms with Crippen molar-refractivity contribution in [3.63, 3.8) is 0 Å². The van der Waals surface area contributed by atoms with E-state index in [2.05, 4.69) is 0 Å². The Bertz CT molecular complexity index is 854. The minimum atomic E-state index is -0.723. The lowest BCUT2D eigenvalue weighted by Gasteiger charge is -2.33. The van der Waals surface area contributed by atoms with Crippen LogP contribution in [0.1, 0.15) is 25.3 Å². The van der Waals surface area contributed by atoms with E-state index in [1.54, 1.807) is 30.0 Å². The molecule has 28 heavy (non-hydrogen) atoms. The summed E-state index contributed by atoms with van der Waals surface area (Å²) in [7, 11) is 0. The van der Waals surface area contributed by atoms with E-state index in [4.69, 9.17) is 21.1 Å². The molecule has 1 atom stereocenters. The van der Waals surface area contributed by atoms with Gasteiger partial charge >= 0.3 is 0 Å². The molecule has 0 aromatic heterocycles. The number of nitrogens with zero attached hydrogens (tertiary/aromatic N) is 1. The molecule has 0 radical (unpaired) electrons. The molecule has 0 bridgehead atoms. The minimum absolute atomic E-state index is 0.0287. The molecule has 4 nitrogen and oxygen atoms in total. The average molecular weight is 410 g/mol. The maximum atomic E-state index is 13.7. The average Bonchev–Trinajstić information content (AvgIpc) is 2.67. The Balaban J connectivity index is 1.52. The highest BCUT2D eigenvalue weighted by molar-refractivity contribution is 6.31. The van der Waals surface area contributed by atoms with Crippen LogP contribution in [-0.2, 0) is 4.79 Å². The van der Waals surface area contributed by atoms with Crippen LogP contribution in [0.3, 0.4) is 0 Å². The number of benzene rings is 2. The molecule has 2 aromatic carbocycles. The van der Waals surface area contributed by atoms with Crippen LogP contribution in [0.15, 0.2) is 36.4 Å². The lowest BCUT2D eigenvalue weighted by Crippen LogP contribution is -2.46. The maximum Gasteiger partial charge on any atom is 0.263 e. The molecule has 1 fully saturated rings. The van der Waals surface area contributed by atoms with Crippen LogP contribution in [0.2, 0.25) is 5.02 Å². The summed E-state index contributed by atoms with van der Waals surface area (Å²) in [5.41, 5.74) is 0.879. The largest absolute Gasteiger partial charge is 0.487 e. The molecule has 1 amide bonds. The van der Waals surface area contributed by atoms with E-state index >= 15 is 0 Å². The van der Waals surface area contributed by atoms with Gasteiger partial charge in [0, 0.05) is 37.0 Å². The van der Waals surface area contributed by atoms with Crippen molar-refractivity contribution in [2.24, 2.45) is 0 Å². The van der Waals surface area contributed by atoms with E-state index in [0.717, 1.165) is 17.7 Å². The van der Waals surface area contributed by atoms with Gasteiger partial charge in [-0.25, -0.2) is 8.78 Å². The van der Waals surface area contributed by atoms with E-state index in [0.29, 0.717) is 36.7 Å². The van der Waals surface area contributed by atoms with Crippen LogP contribution in [-0.4, -0.2) is 36.1 Å². The zero-order valence-electron chi connectivity index (χ0n) is 15.8. The summed E-state index contributed by atoms with van der Waals surface area (Å²) >= 11 is 6.01. The summed E-state index contributed by atoms with van der Waals surface area (Å²) in [6.07, 6.45) is 0.275. The molecule has 0 aliphatic carbocycles. The van der Waals surface area contributed by atoms with Gasteiger partial charge in [-0.15, -0.1) is 0 Å². The van der Waals surface area contributed by atoms with Crippen LogP contribution >= 0.6 is 11.6 Å². The molecule has 0 saturated carbocycles. The Kier molecular flexibility index (Phi) is 6.39. The van der Waals surface area contributed by atoms with Gasteiger partial charge in [-0.05, 0) is 49.7 Å². The van der Waals surface area contributed by atoms with Gasteiger partial charge in [0.2, 0.25) is 0 Å². The predicted octanol–water partition coefficient (Wildman–Crippen LogP) is 4.76. The zero-order valence-corrected chi connectivity index (χ0v) is 16.5. The van der Waals surface area contributed by atoms with Crippen molar-refractivity contribution in [1.82, 2.24) is 4.90 Å². The summed E-state index contributed by atoms with van der Waals surface area (Å²) in [5, 5.41) is 0.644. The highest BCUT2D eigenvalue weighted by atomic mass is 35.5. The number of hydrogen-bond acceptors (Lipinski definition) is 3. The minimum Gasteiger partial charge on any atom is -0.487 e. The molecule has 7 heteroatoms. The normalized spacial score (nSPS) is 16.0. The first-order valence-corrected chi connectivity index (χ1v) is 9.54. The Hall–Kier alpha value is -2.34. The molecular formula is C21H22ClF2NO3. The number of halogens is 3. The standard InChI is InChI=1S/C21H22ClF2NO3/c1-13-11-17(4-5-18(13)22)27-14(2)21(26)25-9-7-16(8-10-25)28-20-6-3-15(23)12-19(20)24/h3-6,11-12,14,16H,7-10H2,1-2H3. The van der Waals surface area contributed by atoms with Gasteiger partial charge < -0.3 is 14.4 Å². The number of piperidine rings is 1. The van der Waals surface area contributed by atoms with Crippen molar-refractivity contribution in [3.8, 4) is 11.5 Å². The van der Waals surface area contributed by atoms with E-state index < -0.39 is 17.7 Å². The molecular weight excluding hydrogens is 388 g/mol. The van der Waals surface area contributed by atoms with Gasteiger partial charge in [-0.1, -0.05) is 11.6 Å². The third-order valence-corrected chi connectivity index (χ3v) is 5.16. The summed E-state index contributed by atoms with van der Waals surface area (Å²) in [6, 6.07) is 8.51. The van der Waals surface area contributed by atoms with E-state index in [-0.39, 0.29) is 17.8 Å². The summed E-state index contributed by atoms with van der Waals surface area (Å²) in [4.78, 5) is 14.4. The second kappa shape index (κ2) is 8.78. The van der Waals surface area contributed by atoms with E-state index in [1.807, 2.05) is 6.92 Å². The Morgan fingerprint density at radius 2 is 1.89 bits per heavy atom. The fraction of sp³-hybridized carbons (Fsp3) is 0.381. The Morgan fingerprint density at radius 1 is 1.18 bits per heavy atom. The van der Waals surface area contributed by atoms with Gasteiger partial charge in [-0.3, -0.25) is 4.79 Å². The first kappa shape index (κ1) is 20.4. The molecule has 3 rings (SSSR count). The SMILES string of the molecule is Cc1cc(OC(C)C(=O)N2CCC(Oc3ccc(F)cc3F)CC2)ccc1Cl. The summed E-state index contributed by atoms with van der Waals surface area (Å²) in [5.74, 6) is -0.860. The third-order valence-electron chi connectivity index (χ3n) is 4.73. The monoisotopic (exact) mass is 409 g/mol. The predicted molar refractivity (Wildman–Crippen MR) is 103 cm³/mol. The second-order valence-corrected chi connectivity index (χ2v) is 7.30. The first-order chi connectivity index (χ1) is 13.3. The van der Waals surface area contributed by atoms with Gasteiger partial charge in [0.15, 0.2) is 17.7 Å². The Labute approximate surface area is 168 Å². The van der Waals surface area contributed by atoms with Crippen molar-refractivity contribution in [1.29, 1.82) is 0 Å². The van der Waals surface area contributed by atoms with Crippen molar-refractivity contribution in [2.45, 2.75) is 38.9 Å². The molecule has 0 spiro atoms. The fourth-order valence-corrected chi connectivity index (χ4v) is 3.26. The highest BCUT2D eigenvalue weighted by Crippen LogP contribution is 2.25. The number of carbonyl (C=O) groups is 1. The third kappa shape index (κ3) is 4.93. The lowest BCUT2D eigenvalue weighted by atomic mass is 10.1. The van der Waals surface area contributed by atoms with Crippen molar-refractivity contribution < 1.29 is 23.0 Å². The highest BCUT2D eigenvalue weighted by Gasteiger charge is 2.28. The number of rotatable bonds is 5. The van der Waals surface area contributed by atoms with Crippen LogP contribution in [0.25, 0.3) is 0 Å².